The molecular formula is C17H17ClN4O3. The minimum Gasteiger partial charge on any atom is -0.461 e. The third-order valence-electron chi connectivity index (χ3n) is 3.86. The average Bonchev–Trinajstić information content (AvgIpc) is 2.94. The van der Waals surface area contributed by atoms with E-state index in [0.29, 0.717) is 28.3 Å². The minimum atomic E-state index is -0.587. The summed E-state index contributed by atoms with van der Waals surface area (Å²) in [6, 6.07) is 7.15. The summed E-state index contributed by atoms with van der Waals surface area (Å²) in [5.74, 6) is -0.587. The van der Waals surface area contributed by atoms with Crippen LogP contribution in [-0.4, -0.2) is 32.1 Å². The first-order valence-electron chi connectivity index (χ1n) is 7.92. The summed E-state index contributed by atoms with van der Waals surface area (Å²) < 4.78 is 7.85. The van der Waals surface area contributed by atoms with Crippen LogP contribution in [-0.2, 0) is 11.3 Å². The Labute approximate surface area is 148 Å². The number of fused-ring (bicyclic) bond motifs is 1. The molecule has 0 atom stereocenters. The lowest BCUT2D eigenvalue weighted by Crippen LogP contribution is -2.26. The Morgan fingerprint density at radius 1 is 1.24 bits per heavy atom. The predicted octanol–water partition coefficient (Wildman–Crippen LogP) is 2.74. The molecule has 130 valence electrons. The predicted molar refractivity (Wildman–Crippen MR) is 94.5 cm³/mol. The van der Waals surface area contributed by atoms with Crippen molar-refractivity contribution in [1.29, 1.82) is 0 Å². The topological polar surface area (TPSA) is 79.0 Å². The van der Waals surface area contributed by atoms with Crippen LogP contribution in [0.25, 0.3) is 16.6 Å². The van der Waals surface area contributed by atoms with Gasteiger partial charge in [0.1, 0.15) is 0 Å². The van der Waals surface area contributed by atoms with Gasteiger partial charge in [0.05, 0.1) is 28.4 Å². The van der Waals surface area contributed by atoms with E-state index in [1.807, 2.05) is 6.07 Å². The Kier molecular flexibility index (Phi) is 4.59. The number of nitrogens with zero attached hydrogens (tertiary/aromatic N) is 4. The standard InChI is InChI=1S/C17H17ClN4O3/c1-4-21-16(23)14-13(15(19-21)17(24)25-5-2)10(3)22(20-14)12-9-7-6-8-11(12)18/h6-9H,4-5H2,1-3H3. The van der Waals surface area contributed by atoms with Gasteiger partial charge in [0.2, 0.25) is 0 Å². The van der Waals surface area contributed by atoms with Crippen molar-refractivity contribution in [1.82, 2.24) is 19.6 Å². The van der Waals surface area contributed by atoms with Crippen molar-refractivity contribution in [3.8, 4) is 5.69 Å². The van der Waals surface area contributed by atoms with Crippen molar-refractivity contribution < 1.29 is 9.53 Å². The highest BCUT2D eigenvalue weighted by atomic mass is 35.5. The van der Waals surface area contributed by atoms with Gasteiger partial charge >= 0.3 is 5.97 Å². The number of hydrogen-bond donors (Lipinski definition) is 0. The van der Waals surface area contributed by atoms with Crippen LogP contribution in [0.1, 0.15) is 30.0 Å². The number of esters is 1. The van der Waals surface area contributed by atoms with Gasteiger partial charge < -0.3 is 4.74 Å². The number of benzene rings is 1. The zero-order valence-corrected chi connectivity index (χ0v) is 14.9. The van der Waals surface area contributed by atoms with Gasteiger partial charge in [-0.1, -0.05) is 23.7 Å². The summed E-state index contributed by atoms with van der Waals surface area (Å²) in [7, 11) is 0. The molecule has 7 nitrogen and oxygen atoms in total. The Bertz CT molecular complexity index is 1020. The molecule has 0 bridgehead atoms. The second-order valence-corrected chi connectivity index (χ2v) is 5.77. The van der Waals surface area contributed by atoms with Crippen molar-refractivity contribution >= 4 is 28.5 Å². The van der Waals surface area contributed by atoms with Crippen molar-refractivity contribution in [3.05, 3.63) is 51.0 Å². The van der Waals surface area contributed by atoms with Crippen LogP contribution in [0, 0.1) is 6.92 Å². The largest absolute Gasteiger partial charge is 0.461 e. The van der Waals surface area contributed by atoms with Crippen molar-refractivity contribution in [2.45, 2.75) is 27.3 Å². The maximum Gasteiger partial charge on any atom is 0.359 e. The molecule has 0 aliphatic carbocycles. The maximum absolute atomic E-state index is 12.6. The molecule has 0 fully saturated rings. The number of rotatable bonds is 4. The fraction of sp³-hybridized carbons (Fsp3) is 0.294. The van der Waals surface area contributed by atoms with E-state index in [2.05, 4.69) is 10.2 Å². The minimum absolute atomic E-state index is 0.0779. The molecule has 0 amide bonds. The van der Waals surface area contributed by atoms with Gasteiger partial charge in [-0.3, -0.25) is 4.79 Å². The van der Waals surface area contributed by atoms with Gasteiger partial charge in [0, 0.05) is 6.54 Å². The lowest BCUT2D eigenvalue weighted by molar-refractivity contribution is 0.0519. The summed E-state index contributed by atoms with van der Waals surface area (Å²) >= 11 is 6.26. The second kappa shape index (κ2) is 6.68. The number of halogens is 1. The first-order chi connectivity index (χ1) is 12.0. The summed E-state index contributed by atoms with van der Waals surface area (Å²) in [4.78, 5) is 25.0. The normalized spacial score (nSPS) is 11.0. The molecular weight excluding hydrogens is 344 g/mol. The molecule has 0 spiro atoms. The summed E-state index contributed by atoms with van der Waals surface area (Å²) in [5, 5.41) is 9.45. The molecule has 2 heterocycles. The summed E-state index contributed by atoms with van der Waals surface area (Å²) in [6.45, 7) is 5.78. The van der Waals surface area contributed by atoms with Gasteiger partial charge in [-0.2, -0.15) is 10.2 Å². The van der Waals surface area contributed by atoms with Crippen LogP contribution >= 0.6 is 11.6 Å². The van der Waals surface area contributed by atoms with Crippen molar-refractivity contribution in [3.63, 3.8) is 0 Å². The van der Waals surface area contributed by atoms with E-state index in [1.54, 1.807) is 43.7 Å². The number of carbonyl (C=O) groups excluding carboxylic acids is 1. The Hall–Kier alpha value is -2.67. The quantitative estimate of drug-likeness (QED) is 0.668. The molecule has 0 saturated heterocycles. The van der Waals surface area contributed by atoms with E-state index in [-0.39, 0.29) is 23.4 Å². The summed E-state index contributed by atoms with van der Waals surface area (Å²) in [5.41, 5.74) is 1.10. The number of ether oxygens (including phenoxy) is 1. The lowest BCUT2D eigenvalue weighted by Gasteiger charge is -2.07. The Morgan fingerprint density at radius 2 is 1.96 bits per heavy atom. The van der Waals surface area contributed by atoms with Gasteiger partial charge in [-0.15, -0.1) is 0 Å². The molecule has 0 N–H and O–H groups in total. The smallest absolute Gasteiger partial charge is 0.359 e. The number of carbonyl (C=O) groups is 1. The maximum atomic E-state index is 12.6. The Morgan fingerprint density at radius 3 is 2.60 bits per heavy atom. The van der Waals surface area contributed by atoms with Crippen LogP contribution in [0.3, 0.4) is 0 Å². The van der Waals surface area contributed by atoms with E-state index in [0.717, 1.165) is 0 Å². The molecule has 0 aliphatic heterocycles. The van der Waals surface area contributed by atoms with Crippen LogP contribution in [0.5, 0.6) is 0 Å². The highest BCUT2D eigenvalue weighted by molar-refractivity contribution is 6.32. The van der Waals surface area contributed by atoms with Gasteiger partial charge in [-0.05, 0) is 32.9 Å². The zero-order chi connectivity index (χ0) is 18.1. The number of para-hydroxylation sites is 1. The van der Waals surface area contributed by atoms with Gasteiger partial charge in [0.25, 0.3) is 5.56 Å². The molecule has 3 aromatic rings. The molecule has 2 aromatic heterocycles. The van der Waals surface area contributed by atoms with Gasteiger partial charge in [0.15, 0.2) is 11.2 Å². The van der Waals surface area contributed by atoms with Gasteiger partial charge in [-0.25, -0.2) is 14.2 Å². The Balaban J connectivity index is 2.38. The SMILES string of the molecule is CCOC(=O)c1nn(CC)c(=O)c2nn(-c3ccccc3Cl)c(C)c12. The van der Waals surface area contributed by atoms with E-state index in [4.69, 9.17) is 16.3 Å². The molecule has 0 radical (unpaired) electrons. The van der Waals surface area contributed by atoms with Crippen LogP contribution < -0.4 is 5.56 Å². The van der Waals surface area contributed by atoms with Crippen LogP contribution in [0.4, 0.5) is 0 Å². The molecule has 8 heteroatoms. The third-order valence-corrected chi connectivity index (χ3v) is 4.18. The second-order valence-electron chi connectivity index (χ2n) is 5.36. The zero-order valence-electron chi connectivity index (χ0n) is 14.1. The molecule has 0 saturated carbocycles. The molecule has 25 heavy (non-hydrogen) atoms. The lowest BCUT2D eigenvalue weighted by atomic mass is 10.2. The van der Waals surface area contributed by atoms with E-state index < -0.39 is 5.97 Å². The van der Waals surface area contributed by atoms with E-state index >= 15 is 0 Å². The number of aryl methyl sites for hydroxylation is 2. The van der Waals surface area contributed by atoms with Crippen LogP contribution in [0.2, 0.25) is 5.02 Å². The van der Waals surface area contributed by atoms with Crippen LogP contribution in [0.15, 0.2) is 29.1 Å². The fourth-order valence-electron chi connectivity index (χ4n) is 2.69. The molecule has 3 rings (SSSR count). The third kappa shape index (κ3) is 2.80. The van der Waals surface area contributed by atoms with E-state index in [1.165, 1.54) is 4.68 Å². The molecule has 0 unspecified atom stereocenters. The first-order valence-corrected chi connectivity index (χ1v) is 8.29. The summed E-state index contributed by atoms with van der Waals surface area (Å²) in [6.07, 6.45) is 0. The molecule has 0 aliphatic rings. The first kappa shape index (κ1) is 17.2. The fourth-order valence-corrected chi connectivity index (χ4v) is 2.90. The average molecular weight is 361 g/mol. The number of aromatic nitrogens is 4. The monoisotopic (exact) mass is 360 g/mol. The number of hydrogen-bond acceptors (Lipinski definition) is 5. The highest BCUT2D eigenvalue weighted by Gasteiger charge is 2.24. The van der Waals surface area contributed by atoms with Crippen molar-refractivity contribution in [2.24, 2.45) is 0 Å². The molecule has 1 aromatic carbocycles. The van der Waals surface area contributed by atoms with E-state index in [9.17, 15) is 9.59 Å². The van der Waals surface area contributed by atoms with Crippen molar-refractivity contribution in [2.75, 3.05) is 6.61 Å². The highest BCUT2D eigenvalue weighted by Crippen LogP contribution is 2.26.